The maximum absolute atomic E-state index is 2.43. The van der Waals surface area contributed by atoms with Crippen molar-refractivity contribution in [2.75, 3.05) is 0 Å². The first-order chi connectivity index (χ1) is 9.67. The van der Waals surface area contributed by atoms with Crippen molar-refractivity contribution >= 4 is 27.6 Å². The maximum atomic E-state index is 2.43. The van der Waals surface area contributed by atoms with Crippen LogP contribution in [-0.2, 0) is 6.54 Å². The molecule has 1 aromatic carbocycles. The van der Waals surface area contributed by atoms with Crippen LogP contribution in [0, 0.1) is 5.92 Å². The summed E-state index contributed by atoms with van der Waals surface area (Å²) in [5.41, 5.74) is 4.35. The number of allylic oxidation sites excluding steroid dienone is 3. The lowest BCUT2D eigenvalue weighted by atomic mass is 9.88. The zero-order valence-electron chi connectivity index (χ0n) is 12.5. The molecule has 2 heteroatoms. The van der Waals surface area contributed by atoms with Crippen LogP contribution < -0.4 is 4.57 Å². The third-order valence-corrected chi connectivity index (χ3v) is 5.06. The van der Waals surface area contributed by atoms with Crippen molar-refractivity contribution in [3.8, 4) is 0 Å². The number of hydrogen-bond donors (Lipinski definition) is 0. The predicted molar refractivity (Wildman–Crippen MR) is 87.8 cm³/mol. The second-order valence-corrected chi connectivity index (χ2v) is 6.94. The fourth-order valence-corrected chi connectivity index (χ4v) is 4.41. The van der Waals surface area contributed by atoms with E-state index in [4.69, 9.17) is 0 Å². The number of benzene rings is 1. The number of nitrogens with zero attached hydrogens (tertiary/aromatic N) is 1. The van der Waals surface area contributed by atoms with E-state index in [1.807, 2.05) is 11.3 Å². The van der Waals surface area contributed by atoms with Gasteiger partial charge in [-0.25, -0.2) is 0 Å². The molecule has 1 unspecified atom stereocenters. The van der Waals surface area contributed by atoms with Crippen LogP contribution in [0.25, 0.3) is 16.3 Å². The molecule has 0 spiro atoms. The lowest BCUT2D eigenvalue weighted by Gasteiger charge is -2.18. The topological polar surface area (TPSA) is 3.88 Å². The summed E-state index contributed by atoms with van der Waals surface area (Å²) in [6, 6.07) is 8.70. The molecule has 0 fully saturated rings. The van der Waals surface area contributed by atoms with Gasteiger partial charge >= 0.3 is 0 Å². The summed E-state index contributed by atoms with van der Waals surface area (Å²) >= 11 is 1.90. The van der Waals surface area contributed by atoms with Gasteiger partial charge in [0.2, 0.25) is 5.52 Å². The van der Waals surface area contributed by atoms with E-state index in [1.54, 1.807) is 0 Å². The Kier molecular flexibility index (Phi) is 3.75. The minimum absolute atomic E-state index is 0.774. The summed E-state index contributed by atoms with van der Waals surface area (Å²) in [5.74, 6) is 0.774. The van der Waals surface area contributed by atoms with E-state index in [9.17, 15) is 0 Å². The third-order valence-electron chi connectivity index (χ3n) is 3.95. The van der Waals surface area contributed by atoms with Gasteiger partial charge < -0.3 is 0 Å². The first-order valence-electron chi connectivity index (χ1n) is 7.46. The number of thiazole rings is 1. The molecule has 3 rings (SSSR count). The summed E-state index contributed by atoms with van der Waals surface area (Å²) in [7, 11) is 0. The highest BCUT2D eigenvalue weighted by atomic mass is 32.1. The summed E-state index contributed by atoms with van der Waals surface area (Å²) in [5, 5.41) is 1.38. The molecule has 1 heterocycles. The molecule has 1 aromatic heterocycles. The van der Waals surface area contributed by atoms with Crippen LogP contribution in [0.2, 0.25) is 0 Å². The Labute approximate surface area is 125 Å². The van der Waals surface area contributed by atoms with E-state index < -0.39 is 0 Å². The SMILES string of the molecule is CC[n+]1c(/C=C2\C=C(C)CC(C)C2)sc2ccccc21. The summed E-state index contributed by atoms with van der Waals surface area (Å²) in [6.45, 7) is 7.86. The van der Waals surface area contributed by atoms with Crippen molar-refractivity contribution in [2.24, 2.45) is 5.92 Å². The third kappa shape index (κ3) is 2.57. The van der Waals surface area contributed by atoms with Crippen molar-refractivity contribution < 1.29 is 4.57 Å². The maximum Gasteiger partial charge on any atom is 0.263 e. The minimum atomic E-state index is 0.774. The molecule has 1 nitrogen and oxygen atoms in total. The van der Waals surface area contributed by atoms with Crippen molar-refractivity contribution in [1.82, 2.24) is 0 Å². The van der Waals surface area contributed by atoms with E-state index in [0.717, 1.165) is 12.5 Å². The second-order valence-electron chi connectivity index (χ2n) is 5.88. The van der Waals surface area contributed by atoms with E-state index >= 15 is 0 Å². The Morgan fingerprint density at radius 1 is 1.30 bits per heavy atom. The van der Waals surface area contributed by atoms with Gasteiger partial charge in [0.15, 0.2) is 0 Å². The molecule has 1 aliphatic rings. The van der Waals surface area contributed by atoms with Crippen LogP contribution in [0.4, 0.5) is 0 Å². The molecule has 104 valence electrons. The van der Waals surface area contributed by atoms with Crippen LogP contribution in [0.3, 0.4) is 0 Å². The minimum Gasteiger partial charge on any atom is -0.182 e. The summed E-state index contributed by atoms with van der Waals surface area (Å²) in [6.07, 6.45) is 7.23. The molecular weight excluding hydrogens is 262 g/mol. The molecule has 0 saturated carbocycles. The van der Waals surface area contributed by atoms with Crippen molar-refractivity contribution in [3.63, 3.8) is 0 Å². The standard InChI is InChI=1S/C18H22NS/c1-4-19-16-7-5-6-8-17(16)20-18(19)12-15-10-13(2)9-14(3)11-15/h5-8,10,12,14H,4,9,11H2,1-3H3/q+1/b15-12+. The van der Waals surface area contributed by atoms with Gasteiger partial charge in [0.25, 0.3) is 5.01 Å². The number of para-hydroxylation sites is 1. The lowest BCUT2D eigenvalue weighted by Crippen LogP contribution is -2.33. The Morgan fingerprint density at radius 3 is 2.85 bits per heavy atom. The Hall–Kier alpha value is -1.41. The van der Waals surface area contributed by atoms with Gasteiger partial charge in [-0.2, -0.15) is 4.57 Å². The average Bonchev–Trinajstić information content (AvgIpc) is 2.74. The summed E-state index contributed by atoms with van der Waals surface area (Å²) in [4.78, 5) is 0. The van der Waals surface area contributed by atoms with Gasteiger partial charge in [0.1, 0.15) is 11.2 Å². The molecule has 0 N–H and O–H groups in total. The van der Waals surface area contributed by atoms with Gasteiger partial charge in [-0.15, -0.1) is 0 Å². The number of rotatable bonds is 2. The van der Waals surface area contributed by atoms with Gasteiger partial charge in [0, 0.05) is 12.1 Å². The Bertz CT molecular complexity index is 691. The monoisotopic (exact) mass is 284 g/mol. The zero-order valence-corrected chi connectivity index (χ0v) is 13.3. The second kappa shape index (κ2) is 5.53. The van der Waals surface area contributed by atoms with Crippen molar-refractivity contribution in [2.45, 2.75) is 40.2 Å². The molecule has 0 saturated heterocycles. The molecule has 0 amide bonds. The van der Waals surface area contributed by atoms with Crippen molar-refractivity contribution in [1.29, 1.82) is 0 Å². The van der Waals surface area contributed by atoms with Gasteiger partial charge in [-0.1, -0.05) is 42.0 Å². The fraction of sp³-hybridized carbons (Fsp3) is 0.389. The highest BCUT2D eigenvalue weighted by molar-refractivity contribution is 7.18. The molecule has 0 radical (unpaired) electrons. The first kappa shape index (κ1) is 13.6. The van der Waals surface area contributed by atoms with E-state index in [0.29, 0.717) is 0 Å². The highest BCUT2D eigenvalue weighted by Gasteiger charge is 2.19. The molecular formula is C18H22NS+. The highest BCUT2D eigenvalue weighted by Crippen LogP contribution is 2.30. The van der Waals surface area contributed by atoms with Gasteiger partial charge in [-0.3, -0.25) is 0 Å². The molecule has 1 atom stereocenters. The zero-order chi connectivity index (χ0) is 14.1. The summed E-state index contributed by atoms with van der Waals surface area (Å²) < 4.78 is 3.81. The Morgan fingerprint density at radius 2 is 2.10 bits per heavy atom. The van der Waals surface area contributed by atoms with Crippen LogP contribution >= 0.6 is 11.3 Å². The molecule has 2 aromatic rings. The molecule has 0 aliphatic heterocycles. The van der Waals surface area contributed by atoms with Crippen LogP contribution in [0.15, 0.2) is 41.5 Å². The number of hydrogen-bond acceptors (Lipinski definition) is 1. The molecule has 1 aliphatic carbocycles. The fourth-order valence-electron chi connectivity index (χ4n) is 3.20. The van der Waals surface area contributed by atoms with E-state index in [-0.39, 0.29) is 0 Å². The largest absolute Gasteiger partial charge is 0.263 e. The smallest absolute Gasteiger partial charge is 0.182 e. The van der Waals surface area contributed by atoms with E-state index in [1.165, 1.54) is 39.2 Å². The lowest BCUT2D eigenvalue weighted by molar-refractivity contribution is -0.665. The van der Waals surface area contributed by atoms with Crippen molar-refractivity contribution in [3.05, 3.63) is 46.5 Å². The quantitative estimate of drug-likeness (QED) is 0.686. The van der Waals surface area contributed by atoms with E-state index in [2.05, 4.69) is 61.8 Å². The van der Waals surface area contributed by atoms with Crippen LogP contribution in [-0.4, -0.2) is 0 Å². The number of fused-ring (bicyclic) bond motifs is 1. The predicted octanol–water partition coefficient (Wildman–Crippen LogP) is 4.97. The van der Waals surface area contributed by atoms with Crippen LogP contribution in [0.1, 0.15) is 38.6 Å². The average molecular weight is 284 g/mol. The first-order valence-corrected chi connectivity index (χ1v) is 8.28. The number of aryl methyl sites for hydroxylation is 1. The molecule has 20 heavy (non-hydrogen) atoms. The van der Waals surface area contributed by atoms with Gasteiger partial charge in [-0.05, 0) is 44.2 Å². The van der Waals surface area contributed by atoms with Gasteiger partial charge in [0.05, 0.1) is 0 Å². The van der Waals surface area contributed by atoms with Crippen LogP contribution in [0.5, 0.6) is 0 Å². The Balaban J connectivity index is 2.08. The number of aromatic nitrogens is 1. The normalized spacial score (nSPS) is 21.4. The molecule has 0 bridgehead atoms.